The highest BCUT2D eigenvalue weighted by molar-refractivity contribution is 7.12. The van der Waals surface area contributed by atoms with Crippen molar-refractivity contribution >= 4 is 17.3 Å². The molecule has 0 atom stereocenters. The van der Waals surface area contributed by atoms with Crippen molar-refractivity contribution in [1.29, 1.82) is 0 Å². The molecule has 0 unspecified atom stereocenters. The third kappa shape index (κ3) is 2.56. The van der Waals surface area contributed by atoms with E-state index in [1.807, 2.05) is 17.5 Å². The molecule has 2 rings (SSSR count). The Morgan fingerprint density at radius 1 is 1.18 bits per heavy atom. The van der Waals surface area contributed by atoms with Crippen LogP contribution in [0.5, 0.6) is 0 Å². The van der Waals surface area contributed by atoms with E-state index in [1.165, 1.54) is 16.9 Å². The summed E-state index contributed by atoms with van der Waals surface area (Å²) < 4.78 is 0. The van der Waals surface area contributed by atoms with Gasteiger partial charge in [0.25, 0.3) is 0 Å². The number of carboxylic acids is 1. The van der Waals surface area contributed by atoms with Crippen LogP contribution in [0.3, 0.4) is 0 Å². The fourth-order valence-electron chi connectivity index (χ4n) is 1.66. The van der Waals surface area contributed by atoms with Crippen LogP contribution in [0.2, 0.25) is 0 Å². The van der Waals surface area contributed by atoms with E-state index < -0.39 is 5.97 Å². The molecule has 1 heterocycles. The number of hydrogen-bond acceptors (Lipinski definition) is 2. The first-order valence-corrected chi connectivity index (χ1v) is 6.38. The Kier molecular flexibility index (Phi) is 3.29. The Hall–Kier alpha value is -1.61. The van der Waals surface area contributed by atoms with E-state index in [1.54, 1.807) is 6.07 Å². The van der Waals surface area contributed by atoms with Crippen LogP contribution in [0.15, 0.2) is 35.7 Å². The summed E-state index contributed by atoms with van der Waals surface area (Å²) in [6.45, 7) is 4.31. The number of carboxylic acid groups (broad SMARTS) is 1. The van der Waals surface area contributed by atoms with Gasteiger partial charge in [0, 0.05) is 0 Å². The summed E-state index contributed by atoms with van der Waals surface area (Å²) in [6.07, 6.45) is 0. The van der Waals surface area contributed by atoms with Crippen LogP contribution in [0.4, 0.5) is 0 Å². The van der Waals surface area contributed by atoms with Gasteiger partial charge in [0.2, 0.25) is 0 Å². The summed E-state index contributed by atoms with van der Waals surface area (Å²) in [7, 11) is 0. The smallest absolute Gasteiger partial charge is 0.345 e. The molecule has 0 saturated carbocycles. The Morgan fingerprint density at radius 2 is 1.82 bits per heavy atom. The van der Waals surface area contributed by atoms with Crippen molar-refractivity contribution in [2.75, 3.05) is 0 Å². The molecule has 1 aromatic heterocycles. The summed E-state index contributed by atoms with van der Waals surface area (Å²) in [6, 6.07) is 10.00. The standard InChI is InChI=1S/C14H14O2S/c1-9(2)10-3-5-11(6-4-10)12-7-13(14(15)16)17-8-12/h3-9H,1-2H3,(H,15,16). The molecule has 3 heteroatoms. The molecule has 0 amide bonds. The average molecular weight is 246 g/mol. The van der Waals surface area contributed by atoms with Gasteiger partial charge >= 0.3 is 5.97 Å². The third-order valence-corrected chi connectivity index (χ3v) is 3.64. The second kappa shape index (κ2) is 4.72. The average Bonchev–Trinajstić information content (AvgIpc) is 2.78. The van der Waals surface area contributed by atoms with Gasteiger partial charge in [-0.25, -0.2) is 4.79 Å². The van der Waals surface area contributed by atoms with E-state index in [2.05, 4.69) is 26.0 Å². The van der Waals surface area contributed by atoms with Gasteiger partial charge in [-0.15, -0.1) is 11.3 Å². The maximum Gasteiger partial charge on any atom is 0.345 e. The van der Waals surface area contributed by atoms with Crippen LogP contribution in [0.25, 0.3) is 11.1 Å². The number of hydrogen-bond donors (Lipinski definition) is 1. The first kappa shape index (κ1) is 11.9. The summed E-state index contributed by atoms with van der Waals surface area (Å²) in [5.74, 6) is -0.346. The third-order valence-electron chi connectivity index (χ3n) is 2.72. The highest BCUT2D eigenvalue weighted by atomic mass is 32.1. The molecule has 88 valence electrons. The maximum absolute atomic E-state index is 10.8. The van der Waals surface area contributed by atoms with Gasteiger partial charge in [-0.05, 0) is 34.1 Å². The zero-order valence-electron chi connectivity index (χ0n) is 9.81. The lowest BCUT2D eigenvalue weighted by molar-refractivity contribution is 0.0702. The molecule has 1 N–H and O–H groups in total. The SMILES string of the molecule is CC(C)c1ccc(-c2csc(C(=O)O)c2)cc1. The Labute approximate surface area is 105 Å². The lowest BCUT2D eigenvalue weighted by atomic mass is 10.00. The summed E-state index contributed by atoms with van der Waals surface area (Å²) in [4.78, 5) is 11.2. The highest BCUT2D eigenvalue weighted by Crippen LogP contribution is 2.27. The Morgan fingerprint density at radius 3 is 2.29 bits per heavy atom. The van der Waals surface area contributed by atoms with Crippen LogP contribution in [0, 0.1) is 0 Å². The van der Waals surface area contributed by atoms with Gasteiger partial charge in [0.15, 0.2) is 0 Å². The molecule has 2 aromatic rings. The van der Waals surface area contributed by atoms with Crippen LogP contribution in [0.1, 0.15) is 35.0 Å². The lowest BCUT2D eigenvalue weighted by Crippen LogP contribution is -1.90. The number of benzene rings is 1. The monoisotopic (exact) mass is 246 g/mol. The number of rotatable bonds is 3. The predicted octanol–water partition coefficient (Wildman–Crippen LogP) is 4.24. The summed E-state index contributed by atoms with van der Waals surface area (Å²) in [5, 5.41) is 10.8. The second-order valence-corrected chi connectivity index (χ2v) is 5.19. The van der Waals surface area contributed by atoms with Gasteiger partial charge in [-0.1, -0.05) is 38.1 Å². The Balaban J connectivity index is 2.30. The zero-order chi connectivity index (χ0) is 12.4. The molecule has 0 saturated heterocycles. The lowest BCUT2D eigenvalue weighted by Gasteiger charge is -2.05. The first-order chi connectivity index (χ1) is 8.08. The van der Waals surface area contributed by atoms with Crippen LogP contribution in [-0.4, -0.2) is 11.1 Å². The molecule has 17 heavy (non-hydrogen) atoms. The molecule has 0 spiro atoms. The quantitative estimate of drug-likeness (QED) is 0.879. The van der Waals surface area contributed by atoms with E-state index in [-0.39, 0.29) is 0 Å². The van der Waals surface area contributed by atoms with Gasteiger partial charge in [-0.3, -0.25) is 0 Å². The largest absolute Gasteiger partial charge is 0.477 e. The number of thiophene rings is 1. The molecule has 1 aromatic carbocycles. The molecule has 0 bridgehead atoms. The van der Waals surface area contributed by atoms with Crippen LogP contribution in [-0.2, 0) is 0 Å². The maximum atomic E-state index is 10.8. The minimum atomic E-state index is -0.861. The van der Waals surface area contributed by atoms with E-state index >= 15 is 0 Å². The molecule has 0 aliphatic rings. The summed E-state index contributed by atoms with van der Waals surface area (Å²) in [5.41, 5.74) is 3.34. The molecule has 2 nitrogen and oxygen atoms in total. The predicted molar refractivity (Wildman–Crippen MR) is 70.8 cm³/mol. The molecular formula is C14H14O2S. The normalized spacial score (nSPS) is 10.8. The van der Waals surface area contributed by atoms with Crippen molar-refractivity contribution in [2.24, 2.45) is 0 Å². The van der Waals surface area contributed by atoms with Gasteiger partial charge in [-0.2, -0.15) is 0 Å². The topological polar surface area (TPSA) is 37.3 Å². The second-order valence-electron chi connectivity index (χ2n) is 4.28. The highest BCUT2D eigenvalue weighted by Gasteiger charge is 2.08. The summed E-state index contributed by atoms with van der Waals surface area (Å²) >= 11 is 1.26. The van der Waals surface area contributed by atoms with Crippen molar-refractivity contribution in [1.82, 2.24) is 0 Å². The van der Waals surface area contributed by atoms with Crippen molar-refractivity contribution in [3.05, 3.63) is 46.2 Å². The van der Waals surface area contributed by atoms with E-state index in [0.717, 1.165) is 11.1 Å². The minimum absolute atomic E-state index is 0.382. The zero-order valence-corrected chi connectivity index (χ0v) is 10.6. The molecule has 0 aliphatic heterocycles. The van der Waals surface area contributed by atoms with Gasteiger partial charge in [0.1, 0.15) is 4.88 Å². The van der Waals surface area contributed by atoms with E-state index in [4.69, 9.17) is 5.11 Å². The molecule has 0 fully saturated rings. The Bertz CT molecular complexity index is 523. The number of aromatic carboxylic acids is 1. The number of carbonyl (C=O) groups is 1. The van der Waals surface area contributed by atoms with Crippen LogP contribution >= 0.6 is 11.3 Å². The van der Waals surface area contributed by atoms with Crippen molar-refractivity contribution < 1.29 is 9.90 Å². The fourth-order valence-corrected chi connectivity index (χ4v) is 2.41. The fraction of sp³-hybridized carbons (Fsp3) is 0.214. The van der Waals surface area contributed by atoms with Gasteiger partial charge < -0.3 is 5.11 Å². The van der Waals surface area contributed by atoms with E-state index in [9.17, 15) is 4.79 Å². The van der Waals surface area contributed by atoms with Crippen molar-refractivity contribution in [2.45, 2.75) is 19.8 Å². The van der Waals surface area contributed by atoms with Crippen molar-refractivity contribution in [3.63, 3.8) is 0 Å². The first-order valence-electron chi connectivity index (χ1n) is 5.50. The van der Waals surface area contributed by atoms with Gasteiger partial charge in [0.05, 0.1) is 0 Å². The van der Waals surface area contributed by atoms with Crippen molar-refractivity contribution in [3.8, 4) is 11.1 Å². The molecule has 0 radical (unpaired) electrons. The van der Waals surface area contributed by atoms with E-state index in [0.29, 0.717) is 10.8 Å². The molecular weight excluding hydrogens is 232 g/mol. The minimum Gasteiger partial charge on any atom is -0.477 e. The molecule has 0 aliphatic carbocycles. The van der Waals surface area contributed by atoms with Crippen LogP contribution < -0.4 is 0 Å².